The van der Waals surface area contributed by atoms with E-state index in [1.54, 1.807) is 0 Å². The third kappa shape index (κ3) is 4.25. The van der Waals surface area contributed by atoms with Crippen molar-refractivity contribution in [1.82, 2.24) is 10.3 Å². The van der Waals surface area contributed by atoms with E-state index in [-0.39, 0.29) is 0 Å². The van der Waals surface area contributed by atoms with Crippen LogP contribution in [0.5, 0.6) is 0 Å². The largest absolute Gasteiger partial charge is 0.356 e. The van der Waals surface area contributed by atoms with Crippen molar-refractivity contribution in [2.24, 2.45) is 5.92 Å². The Bertz CT molecular complexity index is 368. The van der Waals surface area contributed by atoms with Crippen molar-refractivity contribution in [3.05, 3.63) is 22.3 Å². The van der Waals surface area contributed by atoms with Gasteiger partial charge in [0, 0.05) is 35.9 Å². The minimum atomic E-state index is 0.692. The molecule has 18 heavy (non-hydrogen) atoms. The van der Waals surface area contributed by atoms with Crippen LogP contribution in [0.2, 0.25) is 0 Å². The first-order valence-corrected chi connectivity index (χ1v) is 7.45. The van der Waals surface area contributed by atoms with E-state index in [9.17, 15) is 0 Å². The van der Waals surface area contributed by atoms with Crippen LogP contribution in [0.15, 0.2) is 16.7 Å². The molecule has 0 fully saturated rings. The van der Waals surface area contributed by atoms with Crippen molar-refractivity contribution >= 4 is 21.7 Å². The molecular weight excluding hydrogens is 290 g/mol. The Morgan fingerprint density at radius 1 is 1.44 bits per heavy atom. The Labute approximate surface area is 119 Å². The van der Waals surface area contributed by atoms with Gasteiger partial charge >= 0.3 is 0 Å². The highest BCUT2D eigenvalue weighted by molar-refractivity contribution is 9.10. The average Bonchev–Trinajstić information content (AvgIpc) is 2.37. The van der Waals surface area contributed by atoms with E-state index in [0.717, 1.165) is 29.9 Å². The highest BCUT2D eigenvalue weighted by Crippen LogP contribution is 2.22. The van der Waals surface area contributed by atoms with Crippen LogP contribution < -0.4 is 10.2 Å². The summed E-state index contributed by atoms with van der Waals surface area (Å²) in [5.41, 5.74) is 1.25. The van der Waals surface area contributed by atoms with E-state index in [0.29, 0.717) is 5.92 Å². The van der Waals surface area contributed by atoms with Crippen LogP contribution in [0.4, 0.5) is 5.82 Å². The number of halogens is 1. The summed E-state index contributed by atoms with van der Waals surface area (Å²) in [5.74, 6) is 1.80. The average molecular weight is 314 g/mol. The van der Waals surface area contributed by atoms with Gasteiger partial charge in [0.25, 0.3) is 0 Å². The first kappa shape index (κ1) is 15.4. The lowest BCUT2D eigenvalue weighted by Gasteiger charge is -2.27. The summed E-state index contributed by atoms with van der Waals surface area (Å²) in [4.78, 5) is 6.96. The molecule has 0 spiro atoms. The second-order valence-electron chi connectivity index (χ2n) is 4.72. The molecule has 0 aliphatic rings. The van der Waals surface area contributed by atoms with Gasteiger partial charge in [-0.1, -0.05) is 20.3 Å². The fourth-order valence-corrected chi connectivity index (χ4v) is 2.33. The molecule has 1 atom stereocenters. The lowest BCUT2D eigenvalue weighted by molar-refractivity contribution is 0.544. The molecule has 0 bridgehead atoms. The van der Waals surface area contributed by atoms with Gasteiger partial charge in [0.2, 0.25) is 0 Å². The molecule has 1 N–H and O–H groups in total. The number of hydrogen-bond acceptors (Lipinski definition) is 3. The van der Waals surface area contributed by atoms with Crippen LogP contribution in [0.3, 0.4) is 0 Å². The molecule has 1 heterocycles. The maximum atomic E-state index is 4.59. The molecule has 0 amide bonds. The molecule has 1 aromatic heterocycles. The topological polar surface area (TPSA) is 28.2 Å². The summed E-state index contributed by atoms with van der Waals surface area (Å²) < 4.78 is 1.04. The lowest BCUT2D eigenvalue weighted by Crippen LogP contribution is -2.30. The Balaban J connectivity index is 2.96. The number of rotatable bonds is 7. The fraction of sp³-hybridized carbons (Fsp3) is 0.643. The molecule has 0 aliphatic heterocycles. The van der Waals surface area contributed by atoms with Gasteiger partial charge in [-0.2, -0.15) is 0 Å². The molecule has 0 saturated carbocycles. The molecular formula is C14H24BrN3. The van der Waals surface area contributed by atoms with Crippen LogP contribution in [0.1, 0.15) is 32.8 Å². The molecule has 0 radical (unpaired) electrons. The summed E-state index contributed by atoms with van der Waals surface area (Å²) >= 11 is 3.49. The Kier molecular flexibility index (Phi) is 6.65. The maximum Gasteiger partial charge on any atom is 0.133 e. The minimum absolute atomic E-state index is 0.692. The van der Waals surface area contributed by atoms with E-state index >= 15 is 0 Å². The first-order valence-electron chi connectivity index (χ1n) is 6.66. The van der Waals surface area contributed by atoms with Gasteiger partial charge in [0.1, 0.15) is 5.82 Å². The highest BCUT2D eigenvalue weighted by Gasteiger charge is 2.13. The molecule has 1 unspecified atom stereocenters. The van der Waals surface area contributed by atoms with Gasteiger partial charge in [-0.05, 0) is 41.9 Å². The van der Waals surface area contributed by atoms with Crippen molar-refractivity contribution in [1.29, 1.82) is 0 Å². The quantitative estimate of drug-likeness (QED) is 0.836. The zero-order chi connectivity index (χ0) is 13.5. The normalized spacial score (nSPS) is 12.5. The number of nitrogens with one attached hydrogen (secondary N) is 1. The van der Waals surface area contributed by atoms with Crippen molar-refractivity contribution in [3.8, 4) is 0 Å². The van der Waals surface area contributed by atoms with Crippen LogP contribution >= 0.6 is 15.9 Å². The third-order valence-electron chi connectivity index (χ3n) is 3.19. The number of hydrogen-bond donors (Lipinski definition) is 1. The van der Waals surface area contributed by atoms with Crippen LogP contribution in [0.25, 0.3) is 0 Å². The summed E-state index contributed by atoms with van der Waals surface area (Å²) in [6.45, 7) is 9.63. The number of nitrogens with zero attached hydrogens (tertiary/aromatic N) is 2. The zero-order valence-corrected chi connectivity index (χ0v) is 13.4. The zero-order valence-electron chi connectivity index (χ0n) is 11.8. The van der Waals surface area contributed by atoms with E-state index in [1.807, 2.05) is 13.2 Å². The SMILES string of the molecule is CCC(C)CN(CC)c1ncc(Br)cc1CNC. The predicted molar refractivity (Wildman–Crippen MR) is 82.0 cm³/mol. The van der Waals surface area contributed by atoms with Gasteiger partial charge in [-0.25, -0.2) is 4.98 Å². The van der Waals surface area contributed by atoms with E-state index in [2.05, 4.69) is 58.0 Å². The van der Waals surface area contributed by atoms with Gasteiger partial charge in [-0.15, -0.1) is 0 Å². The summed E-state index contributed by atoms with van der Waals surface area (Å²) in [6.07, 6.45) is 3.09. The Morgan fingerprint density at radius 2 is 2.17 bits per heavy atom. The van der Waals surface area contributed by atoms with Crippen LogP contribution in [-0.2, 0) is 6.54 Å². The molecule has 0 aliphatic carbocycles. The van der Waals surface area contributed by atoms with E-state index in [1.165, 1.54) is 12.0 Å². The van der Waals surface area contributed by atoms with Gasteiger partial charge in [-0.3, -0.25) is 0 Å². The van der Waals surface area contributed by atoms with E-state index < -0.39 is 0 Å². The molecule has 1 aromatic rings. The monoisotopic (exact) mass is 313 g/mol. The third-order valence-corrected chi connectivity index (χ3v) is 3.62. The molecule has 3 nitrogen and oxygen atoms in total. The van der Waals surface area contributed by atoms with Crippen molar-refractivity contribution in [2.45, 2.75) is 33.7 Å². The highest BCUT2D eigenvalue weighted by atomic mass is 79.9. The van der Waals surface area contributed by atoms with Crippen LogP contribution in [-0.4, -0.2) is 25.1 Å². The van der Waals surface area contributed by atoms with Gasteiger partial charge < -0.3 is 10.2 Å². The van der Waals surface area contributed by atoms with Crippen molar-refractivity contribution in [2.75, 3.05) is 25.0 Å². The standard InChI is InChI=1S/C14H24BrN3/c1-5-11(3)10-18(6-2)14-12(8-16-4)7-13(15)9-17-14/h7,9,11,16H,5-6,8,10H2,1-4H3. The first-order chi connectivity index (χ1) is 8.62. The summed E-state index contributed by atoms with van der Waals surface area (Å²) in [7, 11) is 1.97. The molecule has 102 valence electrons. The maximum absolute atomic E-state index is 4.59. The molecule has 4 heteroatoms. The summed E-state index contributed by atoms with van der Waals surface area (Å²) in [6, 6.07) is 2.15. The van der Waals surface area contributed by atoms with E-state index in [4.69, 9.17) is 0 Å². The fourth-order valence-electron chi connectivity index (χ4n) is 1.95. The molecule has 0 saturated heterocycles. The van der Waals surface area contributed by atoms with Crippen molar-refractivity contribution < 1.29 is 0 Å². The lowest BCUT2D eigenvalue weighted by atomic mass is 10.1. The number of aromatic nitrogens is 1. The number of anilines is 1. The smallest absolute Gasteiger partial charge is 0.133 e. The second-order valence-corrected chi connectivity index (χ2v) is 5.63. The molecule has 0 aromatic carbocycles. The molecule has 1 rings (SSSR count). The second kappa shape index (κ2) is 7.74. The summed E-state index contributed by atoms with van der Waals surface area (Å²) in [5, 5.41) is 3.21. The number of pyridine rings is 1. The van der Waals surface area contributed by atoms with Gasteiger partial charge in [0.15, 0.2) is 0 Å². The van der Waals surface area contributed by atoms with Crippen molar-refractivity contribution in [3.63, 3.8) is 0 Å². The Hall–Kier alpha value is -0.610. The van der Waals surface area contributed by atoms with Gasteiger partial charge in [0.05, 0.1) is 0 Å². The Morgan fingerprint density at radius 3 is 2.72 bits per heavy atom. The van der Waals surface area contributed by atoms with Crippen LogP contribution in [0, 0.1) is 5.92 Å². The minimum Gasteiger partial charge on any atom is -0.356 e. The predicted octanol–water partition coefficient (Wildman–Crippen LogP) is 3.44.